The number of aromatic nitrogens is 1. The van der Waals surface area contributed by atoms with E-state index in [4.69, 9.17) is 0 Å². The van der Waals surface area contributed by atoms with Crippen LogP contribution < -0.4 is 5.32 Å². The van der Waals surface area contributed by atoms with Gasteiger partial charge in [0.05, 0.1) is 6.26 Å². The highest BCUT2D eigenvalue weighted by atomic mass is 32.2. The first-order valence-corrected chi connectivity index (χ1v) is 9.99. The van der Waals surface area contributed by atoms with Crippen molar-refractivity contribution in [2.75, 3.05) is 19.3 Å². The van der Waals surface area contributed by atoms with E-state index < -0.39 is 10.0 Å². The second kappa shape index (κ2) is 6.57. The Morgan fingerprint density at radius 2 is 1.92 bits per heavy atom. The average Bonchev–Trinajstić information content (AvgIpc) is 2.83. The van der Waals surface area contributed by atoms with Gasteiger partial charge in [-0.15, -0.1) is 0 Å². The lowest BCUT2D eigenvalue weighted by atomic mass is 10.1. The molecule has 2 aromatic rings. The second-order valence-electron chi connectivity index (χ2n) is 6.43. The molecule has 0 radical (unpaired) electrons. The molecule has 0 saturated carbocycles. The fourth-order valence-corrected chi connectivity index (χ4v) is 4.18. The standard InChI is InChI=1S/C17H23N3O3S/c1-13-11-14-5-3-4-6-16(14)20(13)12-17(21)18-15-7-9-19(10-8-15)24(2,22)23/h3-6,11,15H,7-10,12H2,1-2H3,(H,18,21). The van der Waals surface area contributed by atoms with Crippen LogP contribution in [0.2, 0.25) is 0 Å². The molecular formula is C17H23N3O3S. The fourth-order valence-electron chi connectivity index (χ4n) is 3.31. The minimum absolute atomic E-state index is 0.0303. The molecule has 1 N–H and O–H groups in total. The van der Waals surface area contributed by atoms with Gasteiger partial charge in [-0.05, 0) is 37.3 Å². The molecule has 1 amide bonds. The number of aryl methyl sites for hydroxylation is 1. The summed E-state index contributed by atoms with van der Waals surface area (Å²) in [6.07, 6.45) is 2.54. The molecule has 1 aromatic carbocycles. The van der Waals surface area contributed by atoms with Crippen LogP contribution in [0.1, 0.15) is 18.5 Å². The molecule has 0 atom stereocenters. The normalized spacial score (nSPS) is 17.2. The smallest absolute Gasteiger partial charge is 0.240 e. The number of sulfonamides is 1. The van der Waals surface area contributed by atoms with Crippen molar-refractivity contribution in [1.82, 2.24) is 14.2 Å². The minimum Gasteiger partial charge on any atom is -0.352 e. The lowest BCUT2D eigenvalue weighted by Gasteiger charge is -2.30. The molecule has 0 aliphatic carbocycles. The van der Waals surface area contributed by atoms with Gasteiger partial charge in [-0.1, -0.05) is 18.2 Å². The maximum atomic E-state index is 12.4. The Labute approximate surface area is 142 Å². The lowest BCUT2D eigenvalue weighted by Crippen LogP contribution is -2.46. The van der Waals surface area contributed by atoms with E-state index in [-0.39, 0.29) is 18.5 Å². The average molecular weight is 349 g/mol. The second-order valence-corrected chi connectivity index (χ2v) is 8.42. The van der Waals surface area contributed by atoms with Crippen molar-refractivity contribution in [3.63, 3.8) is 0 Å². The van der Waals surface area contributed by atoms with Gasteiger partial charge in [-0.25, -0.2) is 12.7 Å². The summed E-state index contributed by atoms with van der Waals surface area (Å²) in [7, 11) is -3.13. The molecule has 0 bridgehead atoms. The number of nitrogens with one attached hydrogen (secondary N) is 1. The zero-order valence-corrected chi connectivity index (χ0v) is 14.8. The highest BCUT2D eigenvalue weighted by molar-refractivity contribution is 7.88. The fraction of sp³-hybridized carbons (Fsp3) is 0.471. The SMILES string of the molecule is Cc1cc2ccccc2n1CC(=O)NC1CCN(S(C)(=O)=O)CC1. The number of benzene rings is 1. The first-order valence-electron chi connectivity index (χ1n) is 8.14. The number of rotatable bonds is 4. The van der Waals surface area contributed by atoms with Crippen LogP contribution in [0, 0.1) is 6.92 Å². The number of fused-ring (bicyclic) bond motifs is 1. The highest BCUT2D eigenvalue weighted by Crippen LogP contribution is 2.19. The van der Waals surface area contributed by atoms with E-state index in [2.05, 4.69) is 11.4 Å². The van der Waals surface area contributed by atoms with E-state index in [0.717, 1.165) is 16.6 Å². The topological polar surface area (TPSA) is 71.4 Å². The molecule has 2 heterocycles. The maximum Gasteiger partial charge on any atom is 0.240 e. The van der Waals surface area contributed by atoms with Crippen LogP contribution in [0.25, 0.3) is 10.9 Å². The molecule has 1 saturated heterocycles. The van der Waals surface area contributed by atoms with Crippen molar-refractivity contribution in [1.29, 1.82) is 0 Å². The van der Waals surface area contributed by atoms with Gasteiger partial charge in [0.15, 0.2) is 0 Å². The quantitative estimate of drug-likeness (QED) is 0.909. The summed E-state index contributed by atoms with van der Waals surface area (Å²) >= 11 is 0. The summed E-state index contributed by atoms with van der Waals surface area (Å²) < 4.78 is 26.5. The third-order valence-corrected chi connectivity index (χ3v) is 5.91. The van der Waals surface area contributed by atoms with Gasteiger partial charge in [-0.2, -0.15) is 0 Å². The molecule has 1 aliphatic rings. The Morgan fingerprint density at radius 3 is 2.58 bits per heavy atom. The van der Waals surface area contributed by atoms with Gasteiger partial charge in [0.1, 0.15) is 6.54 Å². The van der Waals surface area contributed by atoms with Gasteiger partial charge < -0.3 is 9.88 Å². The summed E-state index contributed by atoms with van der Waals surface area (Å²) in [5.41, 5.74) is 2.11. The number of carbonyl (C=O) groups excluding carboxylic acids is 1. The lowest BCUT2D eigenvalue weighted by molar-refractivity contribution is -0.122. The van der Waals surface area contributed by atoms with Crippen LogP contribution in [-0.2, 0) is 21.4 Å². The number of amides is 1. The number of hydrogen-bond acceptors (Lipinski definition) is 3. The van der Waals surface area contributed by atoms with Crippen LogP contribution in [0.3, 0.4) is 0 Å². The van der Waals surface area contributed by atoms with E-state index in [1.165, 1.54) is 10.6 Å². The summed E-state index contributed by atoms with van der Waals surface area (Å²) in [4.78, 5) is 12.4. The number of nitrogens with zero attached hydrogens (tertiary/aromatic N) is 2. The van der Waals surface area contributed by atoms with Gasteiger partial charge in [0.25, 0.3) is 0 Å². The molecule has 0 unspecified atom stereocenters. The van der Waals surface area contributed by atoms with Crippen LogP contribution in [0.15, 0.2) is 30.3 Å². The number of hydrogen-bond donors (Lipinski definition) is 1. The minimum atomic E-state index is -3.13. The van der Waals surface area contributed by atoms with Crippen LogP contribution in [-0.4, -0.2) is 48.6 Å². The van der Waals surface area contributed by atoms with Gasteiger partial charge in [0.2, 0.25) is 15.9 Å². The third-order valence-electron chi connectivity index (χ3n) is 4.61. The summed E-state index contributed by atoms with van der Waals surface area (Å²) in [5, 5.41) is 4.17. The van der Waals surface area contributed by atoms with E-state index in [9.17, 15) is 13.2 Å². The molecule has 24 heavy (non-hydrogen) atoms. The first-order chi connectivity index (χ1) is 11.3. The summed E-state index contributed by atoms with van der Waals surface area (Å²) in [5.74, 6) is -0.0303. The van der Waals surface area contributed by atoms with Gasteiger partial charge in [-0.3, -0.25) is 4.79 Å². The summed E-state index contributed by atoms with van der Waals surface area (Å²) in [6.45, 7) is 3.22. The summed E-state index contributed by atoms with van der Waals surface area (Å²) in [6, 6.07) is 10.1. The van der Waals surface area contributed by atoms with Gasteiger partial charge in [0, 0.05) is 30.3 Å². The Hall–Kier alpha value is -1.86. The Balaban J connectivity index is 1.61. The molecule has 1 fully saturated rings. The molecule has 0 spiro atoms. The third kappa shape index (κ3) is 3.62. The van der Waals surface area contributed by atoms with Crippen molar-refractivity contribution >= 4 is 26.8 Å². The number of carbonyl (C=O) groups is 1. The van der Waals surface area contributed by atoms with Crippen molar-refractivity contribution < 1.29 is 13.2 Å². The Kier molecular flexibility index (Phi) is 4.64. The van der Waals surface area contributed by atoms with Gasteiger partial charge >= 0.3 is 0 Å². The van der Waals surface area contributed by atoms with E-state index in [1.807, 2.05) is 35.8 Å². The predicted octanol–water partition coefficient (Wildman–Crippen LogP) is 1.49. The predicted molar refractivity (Wildman–Crippen MR) is 94.3 cm³/mol. The van der Waals surface area contributed by atoms with Crippen molar-refractivity contribution in [2.24, 2.45) is 0 Å². The molecule has 130 valence electrons. The monoisotopic (exact) mass is 349 g/mol. The molecule has 1 aromatic heterocycles. The van der Waals surface area contributed by atoms with Crippen LogP contribution >= 0.6 is 0 Å². The zero-order valence-electron chi connectivity index (χ0n) is 14.0. The molecule has 3 rings (SSSR count). The molecule has 6 nitrogen and oxygen atoms in total. The van der Waals surface area contributed by atoms with E-state index in [1.54, 1.807) is 0 Å². The number of piperidine rings is 1. The van der Waals surface area contributed by atoms with E-state index >= 15 is 0 Å². The van der Waals surface area contributed by atoms with Crippen molar-refractivity contribution in [3.8, 4) is 0 Å². The largest absolute Gasteiger partial charge is 0.352 e. The Bertz CT molecular complexity index is 849. The maximum absolute atomic E-state index is 12.4. The van der Waals surface area contributed by atoms with Crippen molar-refractivity contribution in [2.45, 2.75) is 32.4 Å². The van der Waals surface area contributed by atoms with Crippen LogP contribution in [0.5, 0.6) is 0 Å². The number of para-hydroxylation sites is 1. The highest BCUT2D eigenvalue weighted by Gasteiger charge is 2.25. The van der Waals surface area contributed by atoms with E-state index in [0.29, 0.717) is 25.9 Å². The first kappa shape index (κ1) is 17.0. The Morgan fingerprint density at radius 1 is 1.25 bits per heavy atom. The molecule has 7 heteroatoms. The van der Waals surface area contributed by atoms with Crippen molar-refractivity contribution in [3.05, 3.63) is 36.0 Å². The van der Waals surface area contributed by atoms with Crippen LogP contribution in [0.4, 0.5) is 0 Å². The zero-order chi connectivity index (χ0) is 17.3. The molecule has 1 aliphatic heterocycles. The molecular weight excluding hydrogens is 326 g/mol.